The smallest absolute Gasteiger partial charge is 0.245 e. The van der Waals surface area contributed by atoms with Gasteiger partial charge in [-0.15, -0.1) is 0 Å². The standard InChI is InChI=1S/C23H16Cl2N4O3/c1-13-22(12-28)20(29)32-23(13,16-8-7-14(24)9-17(16)25)31-19(21(22,10-26)11-27)15-5-3-4-6-18(15)30-2/h3-9,13,19,29H,1-2H3. The average Bonchev–Trinajstić information content (AvgIpc) is 2.95. The van der Waals surface area contributed by atoms with Gasteiger partial charge in [-0.05, 0) is 24.3 Å². The van der Waals surface area contributed by atoms with E-state index in [1.807, 2.05) is 12.1 Å². The molecule has 7 nitrogen and oxygen atoms in total. The number of rotatable bonds is 3. The number of nitriles is 3. The minimum Gasteiger partial charge on any atom is -0.496 e. The summed E-state index contributed by atoms with van der Waals surface area (Å²) in [5, 5.41) is 40.2. The van der Waals surface area contributed by atoms with Crippen LogP contribution in [0.15, 0.2) is 42.5 Å². The summed E-state index contributed by atoms with van der Waals surface area (Å²) >= 11 is 12.6. The Kier molecular flexibility index (Phi) is 5.07. The number of nitrogens with one attached hydrogen (secondary N) is 1. The Labute approximate surface area is 194 Å². The first-order valence-electron chi connectivity index (χ1n) is 9.56. The number of hydrogen-bond acceptors (Lipinski definition) is 7. The third kappa shape index (κ3) is 2.46. The summed E-state index contributed by atoms with van der Waals surface area (Å²) < 4.78 is 17.8. The Morgan fingerprint density at radius 3 is 2.34 bits per heavy atom. The highest BCUT2D eigenvalue weighted by atomic mass is 35.5. The molecule has 0 spiro atoms. The van der Waals surface area contributed by atoms with E-state index in [-0.39, 0.29) is 5.02 Å². The summed E-state index contributed by atoms with van der Waals surface area (Å²) in [6, 6.07) is 17.5. The van der Waals surface area contributed by atoms with E-state index in [1.54, 1.807) is 43.3 Å². The molecule has 0 aromatic heterocycles. The fraction of sp³-hybridized carbons (Fsp3) is 0.304. The van der Waals surface area contributed by atoms with Crippen molar-refractivity contribution in [3.8, 4) is 24.0 Å². The highest BCUT2D eigenvalue weighted by Crippen LogP contribution is 2.69. The van der Waals surface area contributed by atoms with Gasteiger partial charge in [0, 0.05) is 16.1 Å². The van der Waals surface area contributed by atoms with Crippen molar-refractivity contribution in [2.24, 2.45) is 16.7 Å². The molecule has 0 radical (unpaired) electrons. The minimum absolute atomic E-state index is 0.200. The monoisotopic (exact) mass is 466 g/mol. The maximum Gasteiger partial charge on any atom is 0.245 e. The first-order chi connectivity index (χ1) is 15.3. The number of halogens is 2. The first-order valence-corrected chi connectivity index (χ1v) is 10.3. The Balaban J connectivity index is 2.09. The fourth-order valence-electron chi connectivity index (χ4n) is 4.78. The second-order valence-electron chi connectivity index (χ2n) is 7.64. The molecule has 2 heterocycles. The predicted octanol–water partition coefficient (Wildman–Crippen LogP) is 5.11. The predicted molar refractivity (Wildman–Crippen MR) is 115 cm³/mol. The van der Waals surface area contributed by atoms with E-state index < -0.39 is 34.5 Å². The summed E-state index contributed by atoms with van der Waals surface area (Å²) in [4.78, 5) is 0. The molecule has 1 N–H and O–H groups in total. The molecule has 2 aliphatic heterocycles. The van der Waals surface area contributed by atoms with Crippen LogP contribution in [-0.2, 0) is 15.3 Å². The Morgan fingerprint density at radius 1 is 1.06 bits per heavy atom. The van der Waals surface area contributed by atoms with Crippen molar-refractivity contribution in [1.82, 2.24) is 0 Å². The largest absolute Gasteiger partial charge is 0.496 e. The van der Waals surface area contributed by atoms with Crippen LogP contribution in [0.25, 0.3) is 0 Å². The lowest BCUT2D eigenvalue weighted by atomic mass is 9.53. The Morgan fingerprint density at radius 2 is 1.75 bits per heavy atom. The summed E-state index contributed by atoms with van der Waals surface area (Å²) in [6.45, 7) is 1.61. The number of ether oxygens (including phenoxy) is 3. The Bertz CT molecular complexity index is 1250. The van der Waals surface area contributed by atoms with E-state index >= 15 is 0 Å². The molecule has 160 valence electrons. The van der Waals surface area contributed by atoms with Gasteiger partial charge in [0.25, 0.3) is 0 Å². The van der Waals surface area contributed by atoms with Crippen LogP contribution in [0.1, 0.15) is 24.2 Å². The molecule has 2 aliphatic rings. The van der Waals surface area contributed by atoms with Crippen molar-refractivity contribution in [3.05, 3.63) is 63.6 Å². The molecule has 9 heteroatoms. The molecule has 0 aliphatic carbocycles. The summed E-state index contributed by atoms with van der Waals surface area (Å²) in [7, 11) is 1.45. The zero-order valence-electron chi connectivity index (χ0n) is 17.0. The topological polar surface area (TPSA) is 123 Å². The molecule has 2 saturated heterocycles. The molecule has 2 aromatic carbocycles. The van der Waals surface area contributed by atoms with Gasteiger partial charge in [-0.25, -0.2) is 0 Å². The second-order valence-corrected chi connectivity index (χ2v) is 8.48. The van der Waals surface area contributed by atoms with Crippen LogP contribution in [0.2, 0.25) is 10.0 Å². The SMILES string of the molecule is COc1ccccc1C1OC2(c3ccc(Cl)cc3Cl)OC(=N)C(C#N)(C2C)C1(C#N)C#N. The molecule has 4 atom stereocenters. The van der Waals surface area contributed by atoms with Gasteiger partial charge in [-0.2, -0.15) is 15.8 Å². The molecule has 0 amide bonds. The van der Waals surface area contributed by atoms with Gasteiger partial charge in [0.2, 0.25) is 17.1 Å². The summed E-state index contributed by atoms with van der Waals surface area (Å²) in [5.74, 6) is -2.81. The van der Waals surface area contributed by atoms with E-state index in [1.165, 1.54) is 13.2 Å². The van der Waals surface area contributed by atoms with Crippen molar-refractivity contribution in [2.45, 2.75) is 18.8 Å². The third-order valence-electron chi connectivity index (χ3n) is 6.40. The van der Waals surface area contributed by atoms with Crippen LogP contribution in [0.3, 0.4) is 0 Å². The molecule has 4 rings (SSSR count). The van der Waals surface area contributed by atoms with Crippen LogP contribution in [0.5, 0.6) is 5.75 Å². The van der Waals surface area contributed by atoms with E-state index in [0.29, 0.717) is 21.9 Å². The molecule has 2 bridgehead atoms. The lowest BCUT2D eigenvalue weighted by molar-refractivity contribution is -0.288. The highest BCUT2D eigenvalue weighted by Gasteiger charge is 2.80. The normalized spacial score (nSPS) is 29.8. The van der Waals surface area contributed by atoms with Gasteiger partial charge < -0.3 is 14.2 Å². The fourth-order valence-corrected chi connectivity index (χ4v) is 5.32. The summed E-state index contributed by atoms with van der Waals surface area (Å²) in [6.07, 6.45) is -1.29. The van der Waals surface area contributed by atoms with Crippen LogP contribution in [-0.4, -0.2) is 13.0 Å². The molecule has 4 unspecified atom stereocenters. The van der Waals surface area contributed by atoms with Gasteiger partial charge in [0.1, 0.15) is 11.9 Å². The average molecular weight is 467 g/mol. The maximum atomic E-state index is 10.4. The molecule has 32 heavy (non-hydrogen) atoms. The molecule has 2 fully saturated rings. The van der Waals surface area contributed by atoms with E-state index in [9.17, 15) is 15.8 Å². The van der Waals surface area contributed by atoms with Crippen molar-refractivity contribution < 1.29 is 14.2 Å². The van der Waals surface area contributed by atoms with Crippen LogP contribution in [0, 0.1) is 56.2 Å². The van der Waals surface area contributed by atoms with Gasteiger partial charge in [-0.3, -0.25) is 5.41 Å². The molecule has 0 saturated carbocycles. The van der Waals surface area contributed by atoms with E-state index in [0.717, 1.165) is 0 Å². The highest BCUT2D eigenvalue weighted by molar-refractivity contribution is 6.35. The number of para-hydroxylation sites is 1. The Hall–Kier alpha value is -3.28. The van der Waals surface area contributed by atoms with Crippen molar-refractivity contribution >= 4 is 29.1 Å². The number of benzene rings is 2. The number of methoxy groups -OCH3 is 1. The lowest BCUT2D eigenvalue weighted by Gasteiger charge is -2.49. The molecular formula is C23H16Cl2N4O3. The van der Waals surface area contributed by atoms with E-state index in [4.69, 9.17) is 42.8 Å². The van der Waals surface area contributed by atoms with Gasteiger partial charge in [-0.1, -0.05) is 48.3 Å². The van der Waals surface area contributed by atoms with Crippen LogP contribution in [0.4, 0.5) is 0 Å². The van der Waals surface area contributed by atoms with Crippen LogP contribution >= 0.6 is 23.2 Å². The summed E-state index contributed by atoms with van der Waals surface area (Å²) in [5.41, 5.74) is -3.34. The zero-order chi connectivity index (χ0) is 23.3. The number of fused-ring (bicyclic) bond motifs is 2. The quantitative estimate of drug-likeness (QED) is 0.669. The van der Waals surface area contributed by atoms with Gasteiger partial charge in [0.15, 0.2) is 5.41 Å². The first kappa shape index (κ1) is 21.9. The maximum absolute atomic E-state index is 10.4. The second kappa shape index (κ2) is 7.40. The van der Waals surface area contributed by atoms with Gasteiger partial charge >= 0.3 is 0 Å². The number of hydrogen-bond donors (Lipinski definition) is 1. The van der Waals surface area contributed by atoms with Crippen molar-refractivity contribution in [3.63, 3.8) is 0 Å². The minimum atomic E-state index is -2.11. The third-order valence-corrected chi connectivity index (χ3v) is 6.94. The lowest BCUT2D eigenvalue weighted by Crippen LogP contribution is -2.57. The number of nitrogens with zero attached hydrogens (tertiary/aromatic N) is 3. The van der Waals surface area contributed by atoms with Gasteiger partial charge in [0.05, 0.1) is 36.3 Å². The van der Waals surface area contributed by atoms with E-state index in [2.05, 4.69) is 6.07 Å². The zero-order valence-corrected chi connectivity index (χ0v) is 18.5. The van der Waals surface area contributed by atoms with Crippen LogP contribution < -0.4 is 4.74 Å². The molecular weight excluding hydrogens is 451 g/mol. The molecule has 2 aromatic rings. The van der Waals surface area contributed by atoms with Crippen molar-refractivity contribution in [1.29, 1.82) is 21.2 Å². The van der Waals surface area contributed by atoms with Crippen molar-refractivity contribution in [2.75, 3.05) is 7.11 Å².